The summed E-state index contributed by atoms with van der Waals surface area (Å²) in [5.41, 5.74) is 17.4. The highest BCUT2D eigenvalue weighted by Gasteiger charge is 2.47. The monoisotopic (exact) mass is 847 g/mol. The van der Waals surface area contributed by atoms with Gasteiger partial charge in [-0.15, -0.1) is 0 Å². The summed E-state index contributed by atoms with van der Waals surface area (Å²) < 4.78 is 2.40. The van der Waals surface area contributed by atoms with Crippen LogP contribution in [-0.4, -0.2) is 19.5 Å². The maximum atomic E-state index is 5.18. The molecular weight excluding hydrogens is 803 g/mol. The lowest BCUT2D eigenvalue weighted by Crippen LogP contribution is -2.38. The first-order chi connectivity index (χ1) is 32.5. The molecule has 0 unspecified atom stereocenters. The molecule has 2 aromatic heterocycles. The van der Waals surface area contributed by atoms with Gasteiger partial charge < -0.3 is 9.47 Å². The minimum Gasteiger partial charge on any atom is -0.310 e. The Morgan fingerprint density at radius 1 is 0.379 bits per heavy atom. The van der Waals surface area contributed by atoms with Crippen LogP contribution in [0.3, 0.4) is 0 Å². The zero-order valence-electron chi connectivity index (χ0n) is 37.0. The number of aromatic nitrogens is 4. The van der Waals surface area contributed by atoms with E-state index >= 15 is 0 Å². The predicted molar refractivity (Wildman–Crippen MR) is 271 cm³/mol. The van der Waals surface area contributed by atoms with Gasteiger partial charge in [0.25, 0.3) is 0 Å². The van der Waals surface area contributed by atoms with Crippen molar-refractivity contribution in [3.05, 3.63) is 257 Å². The lowest BCUT2D eigenvalue weighted by atomic mass is 9.62. The SMILES string of the molecule is Cc1cc(N2c3ccccc3C(c3ccccc3)(c3ccc4c(c3)c3ccccc3n4-c3ccccc3)c3ccccc32)c(C)c(C)c1-c1nc(-c2ccccc2)nc(-c2ccccc2)n1. The number of anilines is 3. The largest absolute Gasteiger partial charge is 0.310 e. The fourth-order valence-electron chi connectivity index (χ4n) is 10.6. The summed E-state index contributed by atoms with van der Waals surface area (Å²) in [6.45, 7) is 6.65. The lowest BCUT2D eigenvalue weighted by Gasteiger charge is -2.47. The molecule has 5 nitrogen and oxygen atoms in total. The van der Waals surface area contributed by atoms with Gasteiger partial charge in [-0.2, -0.15) is 0 Å². The minimum absolute atomic E-state index is 0.652. The highest BCUT2D eigenvalue weighted by Crippen LogP contribution is 2.59. The van der Waals surface area contributed by atoms with E-state index in [0.29, 0.717) is 17.5 Å². The Kier molecular flexibility index (Phi) is 9.32. The molecule has 0 N–H and O–H groups in total. The predicted octanol–water partition coefficient (Wildman–Crippen LogP) is 15.1. The van der Waals surface area contributed by atoms with Crippen molar-refractivity contribution in [2.75, 3.05) is 4.90 Å². The Balaban J connectivity index is 1.08. The highest BCUT2D eigenvalue weighted by molar-refractivity contribution is 6.10. The molecule has 12 rings (SSSR count). The van der Waals surface area contributed by atoms with Crippen molar-refractivity contribution in [1.82, 2.24) is 19.5 Å². The highest BCUT2D eigenvalue weighted by atomic mass is 15.2. The van der Waals surface area contributed by atoms with E-state index in [1.165, 1.54) is 44.1 Å². The van der Waals surface area contributed by atoms with Crippen LogP contribution in [0.4, 0.5) is 17.1 Å². The van der Waals surface area contributed by atoms with Gasteiger partial charge in [0.2, 0.25) is 0 Å². The smallest absolute Gasteiger partial charge is 0.164 e. The first-order valence-corrected chi connectivity index (χ1v) is 22.6. The Bertz CT molecular complexity index is 3510. The molecule has 0 atom stereocenters. The van der Waals surface area contributed by atoms with Crippen LogP contribution in [0.1, 0.15) is 38.9 Å². The second-order valence-electron chi connectivity index (χ2n) is 17.3. The fraction of sp³-hybridized carbons (Fsp3) is 0.0656. The third-order valence-electron chi connectivity index (χ3n) is 13.7. The van der Waals surface area contributed by atoms with Gasteiger partial charge in [0.05, 0.1) is 27.8 Å². The standard InChI is InChI=1S/C61H45N5/c1-40-38-56(41(2)42(3)57(40)60-63-58(43-22-8-4-9-23-43)62-59(64-60)44-24-10-5-11-25-44)66-54-34-20-17-31-50(54)61(45-26-12-6-13-27-45,51-32-18-21-35-55(51)66)46-36-37-53-49(39-46)48-30-16-19-33-52(48)65(53)47-28-14-7-15-29-47/h4-39H,1-3H3. The Labute approximate surface area is 385 Å². The Morgan fingerprint density at radius 3 is 1.50 bits per heavy atom. The summed E-state index contributed by atoms with van der Waals surface area (Å²) >= 11 is 0. The van der Waals surface area contributed by atoms with E-state index in [4.69, 9.17) is 15.0 Å². The molecule has 9 aromatic carbocycles. The van der Waals surface area contributed by atoms with Crippen LogP contribution >= 0.6 is 0 Å². The first-order valence-electron chi connectivity index (χ1n) is 22.6. The molecule has 0 fully saturated rings. The van der Waals surface area contributed by atoms with E-state index in [-0.39, 0.29) is 0 Å². The molecule has 314 valence electrons. The summed E-state index contributed by atoms with van der Waals surface area (Å²) in [4.78, 5) is 17.9. The number of hydrogen-bond acceptors (Lipinski definition) is 4. The normalized spacial score (nSPS) is 12.9. The summed E-state index contributed by atoms with van der Waals surface area (Å²) in [7, 11) is 0. The molecule has 0 saturated heterocycles. The second kappa shape index (κ2) is 15.7. The van der Waals surface area contributed by atoms with E-state index in [1.54, 1.807) is 0 Å². The van der Waals surface area contributed by atoms with Gasteiger partial charge in [-0.1, -0.05) is 170 Å². The van der Waals surface area contributed by atoms with Crippen molar-refractivity contribution in [3.8, 4) is 39.9 Å². The number of fused-ring (bicyclic) bond motifs is 5. The van der Waals surface area contributed by atoms with E-state index in [9.17, 15) is 0 Å². The van der Waals surface area contributed by atoms with Crippen molar-refractivity contribution >= 4 is 38.9 Å². The molecule has 0 spiro atoms. The topological polar surface area (TPSA) is 46.8 Å². The fourth-order valence-corrected chi connectivity index (χ4v) is 10.6. The van der Waals surface area contributed by atoms with Crippen LogP contribution in [0.25, 0.3) is 61.7 Å². The summed E-state index contributed by atoms with van der Waals surface area (Å²) in [5.74, 6) is 1.97. The third kappa shape index (κ3) is 6.04. The number of hydrogen-bond donors (Lipinski definition) is 0. The second-order valence-corrected chi connectivity index (χ2v) is 17.3. The molecular formula is C61H45N5. The molecule has 1 aliphatic heterocycles. The van der Waals surface area contributed by atoms with Gasteiger partial charge in [-0.3, -0.25) is 0 Å². The zero-order chi connectivity index (χ0) is 44.4. The van der Waals surface area contributed by atoms with E-state index in [1.807, 2.05) is 36.4 Å². The van der Waals surface area contributed by atoms with E-state index in [2.05, 4.69) is 212 Å². The number of benzene rings is 9. The van der Waals surface area contributed by atoms with Crippen LogP contribution < -0.4 is 4.90 Å². The van der Waals surface area contributed by atoms with Crippen molar-refractivity contribution < 1.29 is 0 Å². The number of rotatable bonds is 7. The molecule has 5 heteroatoms. The molecule has 0 amide bonds. The molecule has 0 saturated carbocycles. The molecule has 0 aliphatic carbocycles. The Hall–Kier alpha value is -8.41. The first kappa shape index (κ1) is 39.2. The van der Waals surface area contributed by atoms with Crippen LogP contribution in [0, 0.1) is 20.8 Å². The van der Waals surface area contributed by atoms with Crippen molar-refractivity contribution in [3.63, 3.8) is 0 Å². The van der Waals surface area contributed by atoms with E-state index in [0.717, 1.165) is 56.1 Å². The summed E-state index contributed by atoms with van der Waals surface area (Å²) in [5, 5.41) is 2.45. The molecule has 0 bridgehead atoms. The molecule has 1 aliphatic rings. The van der Waals surface area contributed by atoms with Gasteiger partial charge in [-0.05, 0) is 108 Å². The third-order valence-corrected chi connectivity index (χ3v) is 13.7. The number of nitrogens with zero attached hydrogens (tertiary/aromatic N) is 5. The van der Waals surface area contributed by atoms with Crippen LogP contribution in [0.15, 0.2) is 218 Å². The van der Waals surface area contributed by atoms with Crippen molar-refractivity contribution in [1.29, 1.82) is 0 Å². The number of para-hydroxylation sites is 4. The summed E-state index contributed by atoms with van der Waals surface area (Å²) in [6.07, 6.45) is 0. The zero-order valence-corrected chi connectivity index (χ0v) is 37.0. The van der Waals surface area contributed by atoms with Crippen molar-refractivity contribution in [2.45, 2.75) is 26.2 Å². The van der Waals surface area contributed by atoms with Gasteiger partial charge >= 0.3 is 0 Å². The average Bonchev–Trinajstić information content (AvgIpc) is 3.71. The molecule has 11 aromatic rings. The minimum atomic E-state index is -0.653. The van der Waals surface area contributed by atoms with Gasteiger partial charge in [-0.25, -0.2) is 15.0 Å². The van der Waals surface area contributed by atoms with Crippen LogP contribution in [0.2, 0.25) is 0 Å². The lowest BCUT2D eigenvalue weighted by molar-refractivity contribution is 0.732. The Morgan fingerprint density at radius 2 is 0.879 bits per heavy atom. The number of aryl methyl sites for hydroxylation is 1. The average molecular weight is 848 g/mol. The van der Waals surface area contributed by atoms with Gasteiger partial charge in [0, 0.05) is 38.8 Å². The summed E-state index contributed by atoms with van der Waals surface area (Å²) in [6, 6.07) is 78.5. The quantitative estimate of drug-likeness (QED) is 0.160. The molecule has 0 radical (unpaired) electrons. The van der Waals surface area contributed by atoms with Crippen molar-refractivity contribution in [2.24, 2.45) is 0 Å². The maximum absolute atomic E-state index is 5.18. The van der Waals surface area contributed by atoms with Gasteiger partial charge in [0.15, 0.2) is 17.5 Å². The van der Waals surface area contributed by atoms with E-state index < -0.39 is 5.41 Å². The van der Waals surface area contributed by atoms with Gasteiger partial charge in [0.1, 0.15) is 0 Å². The van der Waals surface area contributed by atoms with Crippen LogP contribution in [0.5, 0.6) is 0 Å². The maximum Gasteiger partial charge on any atom is 0.164 e. The molecule has 66 heavy (non-hydrogen) atoms. The van der Waals surface area contributed by atoms with Crippen LogP contribution in [-0.2, 0) is 5.41 Å². The molecule has 3 heterocycles.